The molecule has 0 aromatic carbocycles. The van der Waals surface area contributed by atoms with E-state index in [-0.39, 0.29) is 35.9 Å². The molecule has 3 fully saturated rings. The molecule has 150 valence electrons. The number of nitrogens with one attached hydrogen (secondary N) is 1. The topological polar surface area (TPSA) is 57.2 Å². The van der Waals surface area contributed by atoms with Crippen LogP contribution in [0.3, 0.4) is 0 Å². The number of aliphatic imine (C=N–C) groups is 1. The monoisotopic (exact) mass is 478 g/mol. The summed E-state index contributed by atoms with van der Waals surface area (Å²) in [6, 6.07) is 0.870. The van der Waals surface area contributed by atoms with Crippen molar-refractivity contribution in [2.24, 2.45) is 16.8 Å². The van der Waals surface area contributed by atoms with Crippen LogP contribution in [0.4, 0.5) is 0 Å². The molecule has 1 aliphatic carbocycles. The molecule has 3 rings (SSSR count). The Kier molecular flexibility index (Phi) is 8.93. The number of carbonyl (C=O) groups excluding carboxylic acids is 1. The zero-order valence-corrected chi connectivity index (χ0v) is 18.6. The molecule has 2 unspecified atom stereocenters. The molecular formula is C19H35IN4O2. The third-order valence-corrected chi connectivity index (χ3v) is 5.56. The minimum atomic E-state index is -0.0566. The Morgan fingerprint density at radius 1 is 1.15 bits per heavy atom. The van der Waals surface area contributed by atoms with E-state index < -0.39 is 0 Å². The van der Waals surface area contributed by atoms with E-state index in [1.165, 1.54) is 32.4 Å². The number of carbonyl (C=O) groups is 1. The second kappa shape index (κ2) is 10.7. The summed E-state index contributed by atoms with van der Waals surface area (Å²) in [5.74, 6) is 1.58. The highest BCUT2D eigenvalue weighted by atomic mass is 127. The van der Waals surface area contributed by atoms with Gasteiger partial charge >= 0.3 is 5.97 Å². The van der Waals surface area contributed by atoms with Gasteiger partial charge in [0.1, 0.15) is 0 Å². The van der Waals surface area contributed by atoms with E-state index in [0.29, 0.717) is 12.5 Å². The fourth-order valence-electron chi connectivity index (χ4n) is 4.05. The number of guanidine groups is 1. The van der Waals surface area contributed by atoms with Crippen molar-refractivity contribution in [2.45, 2.75) is 52.0 Å². The normalized spacial score (nSPS) is 27.2. The van der Waals surface area contributed by atoms with Crippen molar-refractivity contribution < 1.29 is 9.53 Å². The molecule has 2 heterocycles. The molecular weight excluding hydrogens is 443 g/mol. The number of esters is 1. The van der Waals surface area contributed by atoms with E-state index in [4.69, 9.17) is 9.73 Å². The summed E-state index contributed by atoms with van der Waals surface area (Å²) < 4.78 is 5.22. The summed E-state index contributed by atoms with van der Waals surface area (Å²) in [6.07, 6.45) is 5.99. The summed E-state index contributed by atoms with van der Waals surface area (Å²) in [7, 11) is 0. The maximum atomic E-state index is 12.1. The number of halogens is 1. The molecule has 0 radical (unpaired) electrons. The Morgan fingerprint density at radius 2 is 1.96 bits per heavy atom. The fraction of sp³-hybridized carbons (Fsp3) is 0.895. The molecule has 0 aromatic rings. The van der Waals surface area contributed by atoms with Crippen molar-refractivity contribution in [1.29, 1.82) is 0 Å². The molecule has 3 aliphatic rings. The first-order valence-electron chi connectivity index (χ1n) is 10.1. The van der Waals surface area contributed by atoms with E-state index in [1.54, 1.807) is 0 Å². The largest absolute Gasteiger partial charge is 0.466 e. The van der Waals surface area contributed by atoms with E-state index in [1.807, 2.05) is 6.92 Å². The van der Waals surface area contributed by atoms with Crippen LogP contribution >= 0.6 is 24.0 Å². The van der Waals surface area contributed by atoms with Crippen molar-refractivity contribution in [3.63, 3.8) is 0 Å². The second-order valence-corrected chi connectivity index (χ2v) is 7.61. The summed E-state index contributed by atoms with van der Waals surface area (Å²) in [6.45, 7) is 10.3. The van der Waals surface area contributed by atoms with Crippen LogP contribution in [-0.2, 0) is 9.53 Å². The Balaban J connectivity index is 0.00000243. The number of piperidine rings is 1. The van der Waals surface area contributed by atoms with Gasteiger partial charge in [0.2, 0.25) is 0 Å². The van der Waals surface area contributed by atoms with Crippen LogP contribution in [0.2, 0.25) is 0 Å². The van der Waals surface area contributed by atoms with E-state index in [9.17, 15) is 4.79 Å². The Labute approximate surface area is 175 Å². The minimum Gasteiger partial charge on any atom is -0.466 e. The van der Waals surface area contributed by atoms with Crippen LogP contribution in [0.1, 0.15) is 46.0 Å². The van der Waals surface area contributed by atoms with Crippen LogP contribution in [0.25, 0.3) is 0 Å². The number of hydrogen-bond donors (Lipinski definition) is 1. The van der Waals surface area contributed by atoms with E-state index in [2.05, 4.69) is 22.0 Å². The van der Waals surface area contributed by atoms with Gasteiger partial charge in [-0.3, -0.25) is 9.79 Å². The van der Waals surface area contributed by atoms with Gasteiger partial charge < -0.3 is 19.9 Å². The lowest BCUT2D eigenvalue weighted by Gasteiger charge is -2.34. The minimum absolute atomic E-state index is 0. The quantitative estimate of drug-likeness (QED) is 0.275. The molecule has 26 heavy (non-hydrogen) atoms. The number of ether oxygens (including phenoxy) is 1. The summed E-state index contributed by atoms with van der Waals surface area (Å²) in [5, 5.41) is 3.42. The molecule has 7 heteroatoms. The van der Waals surface area contributed by atoms with Crippen LogP contribution < -0.4 is 5.32 Å². The van der Waals surface area contributed by atoms with Gasteiger partial charge in [0.25, 0.3) is 0 Å². The molecule has 0 bridgehead atoms. The van der Waals surface area contributed by atoms with Crippen molar-refractivity contribution in [2.75, 3.05) is 45.9 Å². The van der Waals surface area contributed by atoms with E-state index in [0.717, 1.165) is 51.0 Å². The molecule has 0 amide bonds. The Hall–Kier alpha value is -0.570. The average molecular weight is 478 g/mol. The van der Waals surface area contributed by atoms with Crippen LogP contribution in [-0.4, -0.2) is 73.6 Å². The number of rotatable bonds is 6. The zero-order valence-electron chi connectivity index (χ0n) is 16.3. The Bertz CT molecular complexity index is 484. The van der Waals surface area contributed by atoms with Crippen molar-refractivity contribution in [1.82, 2.24) is 15.1 Å². The molecule has 0 spiro atoms. The van der Waals surface area contributed by atoms with Crippen molar-refractivity contribution in [3.8, 4) is 0 Å². The molecule has 1 saturated carbocycles. The van der Waals surface area contributed by atoms with Gasteiger partial charge in [-0.25, -0.2) is 0 Å². The first-order chi connectivity index (χ1) is 12.2. The van der Waals surface area contributed by atoms with Gasteiger partial charge in [-0.15, -0.1) is 24.0 Å². The SMILES string of the molecule is CCNC(=NCC1CCN(C2CC2)C1)N1CCCC(C(=O)OCC)C1.I. The highest BCUT2D eigenvalue weighted by molar-refractivity contribution is 14.0. The van der Waals surface area contributed by atoms with Crippen LogP contribution in [0, 0.1) is 11.8 Å². The van der Waals surface area contributed by atoms with Gasteiger partial charge in [0, 0.05) is 38.8 Å². The molecule has 6 nitrogen and oxygen atoms in total. The van der Waals surface area contributed by atoms with Gasteiger partial charge in [0.15, 0.2) is 5.96 Å². The van der Waals surface area contributed by atoms with Crippen molar-refractivity contribution >= 4 is 35.9 Å². The average Bonchev–Trinajstić information content (AvgIpc) is 3.37. The smallest absolute Gasteiger partial charge is 0.310 e. The number of likely N-dealkylation sites (tertiary alicyclic amines) is 2. The molecule has 1 N–H and O–H groups in total. The molecule has 2 aliphatic heterocycles. The predicted octanol–water partition coefficient (Wildman–Crippen LogP) is 2.33. The molecule has 2 saturated heterocycles. The summed E-state index contributed by atoms with van der Waals surface area (Å²) in [4.78, 5) is 21.9. The lowest BCUT2D eigenvalue weighted by atomic mass is 9.98. The zero-order chi connectivity index (χ0) is 17.6. The van der Waals surface area contributed by atoms with E-state index >= 15 is 0 Å². The first kappa shape index (κ1) is 21.7. The second-order valence-electron chi connectivity index (χ2n) is 7.61. The fourth-order valence-corrected chi connectivity index (χ4v) is 4.05. The lowest BCUT2D eigenvalue weighted by molar-refractivity contribution is -0.149. The molecule has 2 atom stereocenters. The standard InChI is InChI=1S/C19H34N4O2.HI/c1-3-20-19(21-12-15-9-11-22(13-15)17-7-8-17)23-10-5-6-16(14-23)18(24)25-4-2;/h15-17H,3-14H2,1-2H3,(H,20,21);1H. The van der Waals surface area contributed by atoms with Crippen LogP contribution in [0.5, 0.6) is 0 Å². The lowest BCUT2D eigenvalue weighted by Crippen LogP contribution is -2.48. The maximum Gasteiger partial charge on any atom is 0.310 e. The summed E-state index contributed by atoms with van der Waals surface area (Å²) >= 11 is 0. The third kappa shape index (κ3) is 5.97. The maximum absolute atomic E-state index is 12.1. The highest BCUT2D eigenvalue weighted by Crippen LogP contribution is 2.31. The van der Waals surface area contributed by atoms with Gasteiger partial charge in [0.05, 0.1) is 12.5 Å². The number of hydrogen-bond acceptors (Lipinski definition) is 4. The van der Waals surface area contributed by atoms with Crippen molar-refractivity contribution in [3.05, 3.63) is 0 Å². The van der Waals surface area contributed by atoms with Gasteiger partial charge in [-0.05, 0) is 58.4 Å². The number of nitrogens with zero attached hydrogens (tertiary/aromatic N) is 3. The van der Waals surface area contributed by atoms with Gasteiger partial charge in [-0.1, -0.05) is 0 Å². The Morgan fingerprint density at radius 3 is 2.65 bits per heavy atom. The predicted molar refractivity (Wildman–Crippen MR) is 115 cm³/mol. The van der Waals surface area contributed by atoms with Gasteiger partial charge in [-0.2, -0.15) is 0 Å². The highest BCUT2D eigenvalue weighted by Gasteiger charge is 2.34. The molecule has 0 aromatic heterocycles. The third-order valence-electron chi connectivity index (χ3n) is 5.56. The summed E-state index contributed by atoms with van der Waals surface area (Å²) in [5.41, 5.74) is 0. The van der Waals surface area contributed by atoms with Crippen LogP contribution in [0.15, 0.2) is 4.99 Å². The first-order valence-corrected chi connectivity index (χ1v) is 10.1.